The second kappa shape index (κ2) is 9.24. The minimum atomic E-state index is -1.08. The van der Waals surface area contributed by atoms with Gasteiger partial charge < -0.3 is 14.7 Å². The van der Waals surface area contributed by atoms with Gasteiger partial charge in [-0.1, -0.05) is 24.3 Å². The number of carbonyl (C=O) groups excluding carboxylic acids is 2. The van der Waals surface area contributed by atoms with Gasteiger partial charge in [0.05, 0.1) is 18.2 Å². The Hall–Kier alpha value is -4.00. The van der Waals surface area contributed by atoms with Crippen molar-refractivity contribution in [1.82, 2.24) is 9.88 Å². The molecule has 0 bridgehead atoms. The summed E-state index contributed by atoms with van der Waals surface area (Å²) in [6, 6.07) is 13.3. The molecule has 1 atom stereocenters. The van der Waals surface area contributed by atoms with Gasteiger partial charge in [-0.2, -0.15) is 0 Å². The van der Waals surface area contributed by atoms with Crippen molar-refractivity contribution in [2.75, 3.05) is 6.61 Å². The maximum atomic E-state index is 14.9. The fourth-order valence-corrected chi connectivity index (χ4v) is 4.02. The van der Waals surface area contributed by atoms with Crippen molar-refractivity contribution < 1.29 is 23.8 Å². The van der Waals surface area contributed by atoms with Gasteiger partial charge in [-0.15, -0.1) is 0 Å². The summed E-state index contributed by atoms with van der Waals surface area (Å²) in [7, 11) is 0. The molecular weight excluding hydrogens is 423 g/mol. The average Bonchev–Trinajstić information content (AvgIpc) is 3.06. The molecule has 168 valence electrons. The normalized spacial score (nSPS) is 17.4. The lowest BCUT2D eigenvalue weighted by Gasteiger charge is -2.25. The predicted octanol–water partition coefficient (Wildman–Crippen LogP) is 4.55. The van der Waals surface area contributed by atoms with Crippen LogP contribution in [0.15, 0.2) is 72.6 Å². The Bertz CT molecular complexity index is 1240. The quantitative estimate of drug-likeness (QED) is 0.341. The second-order valence-electron chi connectivity index (χ2n) is 7.72. The smallest absolute Gasteiger partial charge is 0.295 e. The third-order valence-corrected chi connectivity index (χ3v) is 5.56. The molecule has 2 heterocycles. The molecular formula is C26H23FN2O4. The lowest BCUT2D eigenvalue weighted by atomic mass is 9.94. The van der Waals surface area contributed by atoms with Crippen molar-refractivity contribution >= 4 is 17.4 Å². The van der Waals surface area contributed by atoms with Crippen LogP contribution >= 0.6 is 0 Å². The number of pyridine rings is 1. The Balaban J connectivity index is 1.86. The molecule has 1 aliphatic rings. The number of aliphatic hydroxyl groups excluding tert-OH is 1. The zero-order chi connectivity index (χ0) is 23.5. The highest BCUT2D eigenvalue weighted by Gasteiger charge is 2.47. The van der Waals surface area contributed by atoms with E-state index in [9.17, 15) is 19.1 Å². The number of aliphatic hydroxyl groups is 1. The highest BCUT2D eigenvalue weighted by molar-refractivity contribution is 6.46. The summed E-state index contributed by atoms with van der Waals surface area (Å²) in [5, 5.41) is 11.2. The minimum Gasteiger partial charge on any atom is -0.507 e. The fraction of sp³-hybridized carbons (Fsp3) is 0.192. The van der Waals surface area contributed by atoms with Crippen molar-refractivity contribution in [2.24, 2.45) is 0 Å². The highest BCUT2D eigenvalue weighted by Crippen LogP contribution is 2.41. The molecule has 4 rings (SSSR count). The van der Waals surface area contributed by atoms with E-state index in [0.29, 0.717) is 23.5 Å². The van der Waals surface area contributed by atoms with Crippen LogP contribution in [0.2, 0.25) is 0 Å². The van der Waals surface area contributed by atoms with E-state index in [1.165, 1.54) is 23.1 Å². The third-order valence-electron chi connectivity index (χ3n) is 5.56. The van der Waals surface area contributed by atoms with E-state index in [2.05, 4.69) is 4.98 Å². The standard InChI is InChI=1S/C26H23FN2O4/c1-3-33-21-11-10-18(13-16(21)2)24(30)22-23(19-8-4-5-9-20(19)27)29(26(32)25(22)31)15-17-7-6-12-28-14-17/h4-14,23,30H,3,15H2,1-2H3/t23-/m1/s1. The summed E-state index contributed by atoms with van der Waals surface area (Å²) in [5.41, 5.74) is 1.75. The molecule has 0 unspecified atom stereocenters. The molecule has 1 amide bonds. The monoisotopic (exact) mass is 446 g/mol. The number of likely N-dealkylation sites (tertiary alicyclic amines) is 1. The molecule has 1 aliphatic heterocycles. The zero-order valence-corrected chi connectivity index (χ0v) is 18.3. The molecule has 7 heteroatoms. The van der Waals surface area contributed by atoms with Crippen LogP contribution in [0, 0.1) is 12.7 Å². The molecule has 6 nitrogen and oxygen atoms in total. The number of nitrogens with zero attached hydrogens (tertiary/aromatic N) is 2. The Morgan fingerprint density at radius 2 is 1.94 bits per heavy atom. The number of amides is 1. The number of rotatable bonds is 6. The summed E-state index contributed by atoms with van der Waals surface area (Å²) < 4.78 is 20.4. The van der Waals surface area contributed by atoms with Crippen molar-refractivity contribution in [3.05, 3.63) is 101 Å². The van der Waals surface area contributed by atoms with Crippen LogP contribution < -0.4 is 4.74 Å². The van der Waals surface area contributed by atoms with E-state index in [1.807, 2.05) is 13.8 Å². The van der Waals surface area contributed by atoms with Crippen molar-refractivity contribution in [2.45, 2.75) is 26.4 Å². The number of hydrogen-bond acceptors (Lipinski definition) is 5. The largest absolute Gasteiger partial charge is 0.507 e. The maximum absolute atomic E-state index is 14.9. The number of halogens is 1. The third kappa shape index (κ3) is 4.22. The van der Waals surface area contributed by atoms with E-state index in [1.54, 1.807) is 48.8 Å². The summed E-state index contributed by atoms with van der Waals surface area (Å²) in [6.45, 7) is 4.21. The average molecular weight is 446 g/mol. The highest BCUT2D eigenvalue weighted by atomic mass is 19.1. The molecule has 1 aromatic heterocycles. The van der Waals surface area contributed by atoms with Crippen LogP contribution in [0.4, 0.5) is 4.39 Å². The lowest BCUT2D eigenvalue weighted by Crippen LogP contribution is -2.29. The Morgan fingerprint density at radius 3 is 2.61 bits per heavy atom. The molecule has 2 aromatic carbocycles. The van der Waals surface area contributed by atoms with E-state index in [4.69, 9.17) is 4.74 Å². The number of aryl methyl sites for hydroxylation is 1. The topological polar surface area (TPSA) is 79.7 Å². The molecule has 1 fully saturated rings. The van der Waals surface area contributed by atoms with Crippen molar-refractivity contribution in [3.8, 4) is 5.75 Å². The van der Waals surface area contributed by atoms with Crippen LogP contribution in [-0.4, -0.2) is 33.3 Å². The number of ketones is 1. The molecule has 33 heavy (non-hydrogen) atoms. The van der Waals surface area contributed by atoms with Gasteiger partial charge in [0.1, 0.15) is 17.3 Å². The lowest BCUT2D eigenvalue weighted by molar-refractivity contribution is -0.140. The van der Waals surface area contributed by atoms with Gasteiger partial charge in [0.25, 0.3) is 11.7 Å². The van der Waals surface area contributed by atoms with Crippen LogP contribution in [0.1, 0.15) is 35.2 Å². The van der Waals surface area contributed by atoms with Gasteiger partial charge in [-0.05, 0) is 55.3 Å². The number of hydrogen-bond donors (Lipinski definition) is 1. The van der Waals surface area contributed by atoms with E-state index < -0.39 is 23.5 Å². The van der Waals surface area contributed by atoms with E-state index in [0.717, 1.165) is 5.56 Å². The van der Waals surface area contributed by atoms with Gasteiger partial charge >= 0.3 is 0 Å². The first-order valence-electron chi connectivity index (χ1n) is 10.6. The number of ether oxygens (including phenoxy) is 1. The van der Waals surface area contributed by atoms with Gasteiger partial charge in [0, 0.05) is 30.1 Å². The number of benzene rings is 2. The molecule has 0 aliphatic carbocycles. The maximum Gasteiger partial charge on any atom is 0.295 e. The first kappa shape index (κ1) is 22.2. The number of carbonyl (C=O) groups is 2. The van der Waals surface area contributed by atoms with Crippen LogP contribution in [-0.2, 0) is 16.1 Å². The van der Waals surface area contributed by atoms with Crippen molar-refractivity contribution in [1.29, 1.82) is 0 Å². The fourth-order valence-electron chi connectivity index (χ4n) is 4.02. The summed E-state index contributed by atoms with van der Waals surface area (Å²) in [4.78, 5) is 31.4. The first-order valence-corrected chi connectivity index (χ1v) is 10.6. The molecule has 0 saturated carbocycles. The summed E-state index contributed by atoms with van der Waals surface area (Å²) >= 11 is 0. The molecule has 1 N–H and O–H groups in total. The summed E-state index contributed by atoms with van der Waals surface area (Å²) in [6.07, 6.45) is 3.17. The zero-order valence-electron chi connectivity index (χ0n) is 18.3. The van der Waals surface area contributed by atoms with Crippen LogP contribution in [0.25, 0.3) is 5.76 Å². The minimum absolute atomic E-state index is 0.0382. The Labute approximate surface area is 191 Å². The Kier molecular flexibility index (Phi) is 6.22. The SMILES string of the molecule is CCOc1ccc(C(O)=C2C(=O)C(=O)N(Cc3cccnc3)[C@@H]2c2ccccc2F)cc1C. The summed E-state index contributed by atoms with van der Waals surface area (Å²) in [5.74, 6) is -1.96. The van der Waals surface area contributed by atoms with E-state index >= 15 is 0 Å². The van der Waals surface area contributed by atoms with Gasteiger partial charge in [0.2, 0.25) is 0 Å². The van der Waals surface area contributed by atoms with Crippen molar-refractivity contribution in [3.63, 3.8) is 0 Å². The van der Waals surface area contributed by atoms with Gasteiger partial charge in [-0.25, -0.2) is 4.39 Å². The van der Waals surface area contributed by atoms with Crippen LogP contribution in [0.5, 0.6) is 5.75 Å². The second-order valence-corrected chi connectivity index (χ2v) is 7.72. The molecule has 0 radical (unpaired) electrons. The number of Topliss-reactive ketones (excluding diaryl/α,β-unsaturated/α-hetero) is 1. The number of aromatic nitrogens is 1. The predicted molar refractivity (Wildman–Crippen MR) is 121 cm³/mol. The first-order chi connectivity index (χ1) is 15.9. The molecule has 1 saturated heterocycles. The van der Waals surface area contributed by atoms with E-state index in [-0.39, 0.29) is 23.4 Å². The molecule has 3 aromatic rings. The van der Waals surface area contributed by atoms with Gasteiger partial charge in [-0.3, -0.25) is 14.6 Å². The van der Waals surface area contributed by atoms with Crippen LogP contribution in [0.3, 0.4) is 0 Å². The Morgan fingerprint density at radius 1 is 1.15 bits per heavy atom. The van der Waals surface area contributed by atoms with Gasteiger partial charge in [0.15, 0.2) is 0 Å². The molecule has 0 spiro atoms.